The van der Waals surface area contributed by atoms with Gasteiger partial charge >= 0.3 is 11.9 Å². The van der Waals surface area contributed by atoms with Gasteiger partial charge in [0.2, 0.25) is 0 Å². The Bertz CT molecular complexity index is 933. The van der Waals surface area contributed by atoms with Crippen molar-refractivity contribution in [2.45, 2.75) is 48.1 Å². The highest BCUT2D eigenvalue weighted by Crippen LogP contribution is 2.34. The second-order valence-corrected chi connectivity index (χ2v) is 7.57. The fourth-order valence-corrected chi connectivity index (χ4v) is 4.24. The molecule has 0 fully saturated rings. The van der Waals surface area contributed by atoms with Gasteiger partial charge < -0.3 is 20.1 Å². The Morgan fingerprint density at radius 3 is 2.24 bits per heavy atom. The highest BCUT2D eigenvalue weighted by Gasteiger charge is 2.27. The third-order valence-corrected chi connectivity index (χ3v) is 5.63. The summed E-state index contributed by atoms with van der Waals surface area (Å²) in [4.78, 5) is 25.1. The number of anilines is 2. The number of hydrogen-bond acceptors (Lipinski definition) is 7. The Balaban J connectivity index is 2.34. The summed E-state index contributed by atoms with van der Waals surface area (Å²) in [7, 11) is 0. The van der Waals surface area contributed by atoms with E-state index in [2.05, 4.69) is 15.7 Å². The van der Waals surface area contributed by atoms with Crippen LogP contribution in [0.25, 0.3) is 0 Å². The molecular weight excluding hydrogens is 412 g/mol. The molecule has 0 atom stereocenters. The number of esters is 2. The number of carbonyl (C=O) groups is 2. The van der Waals surface area contributed by atoms with Crippen LogP contribution in [0, 0.1) is 20.8 Å². The van der Waals surface area contributed by atoms with E-state index in [-0.39, 0.29) is 23.9 Å². The summed E-state index contributed by atoms with van der Waals surface area (Å²) in [6, 6.07) is 0. The summed E-state index contributed by atoms with van der Waals surface area (Å²) in [5, 5.41) is 11.3. The number of aromatic nitrogens is 2. The molecule has 2 N–H and O–H groups in total. The molecule has 2 aromatic rings. The number of nitrogens with one attached hydrogen (secondary N) is 2. The Labute approximate surface area is 179 Å². The van der Waals surface area contributed by atoms with Gasteiger partial charge in [0.05, 0.1) is 35.9 Å². The maximum Gasteiger partial charge on any atom is 0.348 e. The Kier molecular flexibility index (Phi) is 7.74. The molecule has 0 aliphatic rings. The van der Waals surface area contributed by atoms with Gasteiger partial charge in [-0.2, -0.15) is 5.10 Å². The van der Waals surface area contributed by atoms with Crippen LogP contribution in [-0.2, 0) is 16.0 Å². The molecule has 0 amide bonds. The average Bonchev–Trinajstić information content (AvgIpc) is 3.12. The molecule has 10 heteroatoms. The van der Waals surface area contributed by atoms with E-state index in [9.17, 15) is 9.59 Å². The molecule has 0 saturated heterocycles. The van der Waals surface area contributed by atoms with E-state index in [1.807, 2.05) is 25.5 Å². The fourth-order valence-electron chi connectivity index (χ4n) is 2.88. The number of thiophene rings is 1. The summed E-state index contributed by atoms with van der Waals surface area (Å²) in [6.45, 7) is 12.2. The molecule has 8 nitrogen and oxygen atoms in total. The monoisotopic (exact) mass is 438 g/mol. The fraction of sp³-hybridized carbons (Fsp3) is 0.474. The number of ether oxygens (including phenoxy) is 2. The first-order chi connectivity index (χ1) is 13.7. The van der Waals surface area contributed by atoms with Crippen molar-refractivity contribution >= 4 is 51.3 Å². The summed E-state index contributed by atoms with van der Waals surface area (Å²) in [5.74, 6) is -1.00. The van der Waals surface area contributed by atoms with E-state index < -0.39 is 11.9 Å². The van der Waals surface area contributed by atoms with Crippen LogP contribution in [-0.4, -0.2) is 40.0 Å². The van der Waals surface area contributed by atoms with Gasteiger partial charge in [-0.3, -0.25) is 4.68 Å². The third-order valence-electron chi connectivity index (χ3n) is 4.23. The number of nitrogens with zero attached hydrogens (tertiary/aromatic N) is 2. The molecular formula is C19H26N4O4S2. The van der Waals surface area contributed by atoms with Crippen molar-refractivity contribution in [1.82, 2.24) is 9.78 Å². The smallest absolute Gasteiger partial charge is 0.348 e. The molecule has 0 aliphatic carbocycles. The third kappa shape index (κ3) is 4.94. The first-order valence-corrected chi connectivity index (χ1v) is 10.6. The van der Waals surface area contributed by atoms with Crippen LogP contribution in [0.2, 0.25) is 0 Å². The van der Waals surface area contributed by atoms with E-state index in [1.165, 1.54) is 0 Å². The van der Waals surface area contributed by atoms with Gasteiger partial charge in [0.15, 0.2) is 5.11 Å². The predicted molar refractivity (Wildman–Crippen MR) is 118 cm³/mol. The molecule has 2 heterocycles. The van der Waals surface area contributed by atoms with E-state index >= 15 is 0 Å². The molecule has 0 unspecified atom stereocenters. The van der Waals surface area contributed by atoms with Crippen molar-refractivity contribution in [2.24, 2.45) is 0 Å². The zero-order chi connectivity index (χ0) is 21.7. The minimum absolute atomic E-state index is 0.222. The summed E-state index contributed by atoms with van der Waals surface area (Å²) in [5.41, 5.74) is 3.36. The highest BCUT2D eigenvalue weighted by atomic mass is 32.1. The van der Waals surface area contributed by atoms with E-state index in [0.29, 0.717) is 15.4 Å². The Morgan fingerprint density at radius 2 is 1.69 bits per heavy atom. The van der Waals surface area contributed by atoms with Crippen molar-refractivity contribution < 1.29 is 19.1 Å². The molecule has 0 bridgehead atoms. The topological polar surface area (TPSA) is 94.5 Å². The summed E-state index contributed by atoms with van der Waals surface area (Å²) in [6.07, 6.45) is 0. The lowest BCUT2D eigenvalue weighted by Gasteiger charge is -2.11. The molecule has 0 aromatic carbocycles. The van der Waals surface area contributed by atoms with Crippen molar-refractivity contribution in [3.05, 3.63) is 27.4 Å². The van der Waals surface area contributed by atoms with Crippen LogP contribution < -0.4 is 10.6 Å². The van der Waals surface area contributed by atoms with Crippen molar-refractivity contribution in [3.63, 3.8) is 0 Å². The SMILES string of the molecule is CCOC(=O)c1sc(NC(=S)Nc2c(C)nn(CC)c2C)c(C(=O)OCC)c1C. The van der Waals surface area contributed by atoms with Crippen LogP contribution in [0.5, 0.6) is 0 Å². The minimum Gasteiger partial charge on any atom is -0.462 e. The van der Waals surface area contributed by atoms with Crippen molar-refractivity contribution in [3.8, 4) is 0 Å². The molecule has 158 valence electrons. The van der Waals surface area contributed by atoms with Gasteiger partial charge in [-0.15, -0.1) is 11.3 Å². The normalized spacial score (nSPS) is 10.6. The van der Waals surface area contributed by atoms with Gasteiger partial charge in [0.1, 0.15) is 9.88 Å². The lowest BCUT2D eigenvalue weighted by molar-refractivity contribution is 0.0527. The summed E-state index contributed by atoms with van der Waals surface area (Å²) < 4.78 is 12.1. The second-order valence-electron chi connectivity index (χ2n) is 6.14. The zero-order valence-corrected chi connectivity index (χ0v) is 19.1. The number of thiocarbonyl (C=S) groups is 1. The first kappa shape index (κ1) is 22.8. The average molecular weight is 439 g/mol. The maximum absolute atomic E-state index is 12.5. The molecule has 0 aliphatic heterocycles. The number of hydrogen-bond donors (Lipinski definition) is 2. The van der Waals surface area contributed by atoms with Gasteiger partial charge in [-0.05, 0) is 59.3 Å². The van der Waals surface area contributed by atoms with Crippen LogP contribution >= 0.6 is 23.6 Å². The Morgan fingerprint density at radius 1 is 1.07 bits per heavy atom. The molecule has 0 radical (unpaired) electrons. The van der Waals surface area contributed by atoms with Crippen LogP contribution in [0.1, 0.15) is 57.8 Å². The molecule has 0 saturated carbocycles. The van der Waals surface area contributed by atoms with Gasteiger partial charge in [-0.1, -0.05) is 0 Å². The van der Waals surface area contributed by atoms with Gasteiger partial charge in [0.25, 0.3) is 0 Å². The Hall–Kier alpha value is -2.46. The lowest BCUT2D eigenvalue weighted by atomic mass is 10.1. The van der Waals surface area contributed by atoms with Crippen molar-refractivity contribution in [2.75, 3.05) is 23.8 Å². The largest absolute Gasteiger partial charge is 0.462 e. The van der Waals surface area contributed by atoms with E-state index in [1.54, 1.807) is 20.8 Å². The van der Waals surface area contributed by atoms with Crippen LogP contribution in [0.4, 0.5) is 10.7 Å². The molecule has 2 aromatic heterocycles. The number of rotatable bonds is 7. The molecule has 2 rings (SSSR count). The number of aryl methyl sites for hydroxylation is 2. The standard InChI is InChI=1S/C19H26N4O4S2/c1-7-23-12(6)14(11(5)22-23)20-19(28)21-16-13(17(24)26-8-2)10(4)15(29-16)18(25)27-9-3/h7-9H2,1-6H3,(H2,20,21,28). The van der Waals surface area contributed by atoms with E-state index in [4.69, 9.17) is 21.7 Å². The lowest BCUT2D eigenvalue weighted by Crippen LogP contribution is -2.21. The van der Waals surface area contributed by atoms with E-state index in [0.717, 1.165) is 35.0 Å². The summed E-state index contributed by atoms with van der Waals surface area (Å²) >= 11 is 6.55. The first-order valence-electron chi connectivity index (χ1n) is 9.34. The minimum atomic E-state index is -0.520. The highest BCUT2D eigenvalue weighted by molar-refractivity contribution is 7.80. The predicted octanol–water partition coefficient (Wildman–Crippen LogP) is 4.05. The number of carbonyl (C=O) groups excluding carboxylic acids is 2. The quantitative estimate of drug-likeness (QED) is 0.494. The molecule has 29 heavy (non-hydrogen) atoms. The maximum atomic E-state index is 12.5. The molecule has 0 spiro atoms. The van der Waals surface area contributed by atoms with Gasteiger partial charge in [0, 0.05) is 6.54 Å². The van der Waals surface area contributed by atoms with Gasteiger partial charge in [-0.25, -0.2) is 9.59 Å². The zero-order valence-electron chi connectivity index (χ0n) is 17.5. The second kappa shape index (κ2) is 9.84. The van der Waals surface area contributed by atoms with Crippen molar-refractivity contribution in [1.29, 1.82) is 0 Å². The van der Waals surface area contributed by atoms with Crippen LogP contribution in [0.15, 0.2) is 0 Å². The van der Waals surface area contributed by atoms with Crippen LogP contribution in [0.3, 0.4) is 0 Å².